The fourth-order valence-electron chi connectivity index (χ4n) is 1.05. The molecule has 1 N–H and O–H groups in total. The highest BCUT2D eigenvalue weighted by atomic mass is 32.2. The van der Waals surface area contributed by atoms with Crippen LogP contribution in [0.25, 0.3) is 0 Å². The summed E-state index contributed by atoms with van der Waals surface area (Å²) in [5.74, 6) is 0.543. The van der Waals surface area contributed by atoms with E-state index in [-0.39, 0.29) is 0 Å². The van der Waals surface area contributed by atoms with Gasteiger partial charge in [-0.05, 0) is 23.8 Å². The van der Waals surface area contributed by atoms with Crippen molar-refractivity contribution in [3.8, 4) is 0 Å². The molecule has 0 bridgehead atoms. The van der Waals surface area contributed by atoms with E-state index < -0.39 is 5.97 Å². The molecule has 0 aromatic carbocycles. The van der Waals surface area contributed by atoms with Gasteiger partial charge in [-0.15, -0.1) is 0 Å². The number of rotatable bonds is 8. The Balaban J connectivity index is 2.96. The van der Waals surface area contributed by atoms with E-state index in [2.05, 4.69) is 13.8 Å². The Morgan fingerprint density at radius 2 is 1.85 bits per heavy atom. The number of thioether (sulfide) groups is 1. The van der Waals surface area contributed by atoms with Crippen molar-refractivity contribution in [3.05, 3.63) is 0 Å². The fourth-order valence-corrected chi connectivity index (χ4v) is 1.89. The molecule has 0 heterocycles. The van der Waals surface area contributed by atoms with Gasteiger partial charge in [0.05, 0.1) is 0 Å². The van der Waals surface area contributed by atoms with E-state index in [1.165, 1.54) is 18.6 Å². The Morgan fingerprint density at radius 3 is 2.38 bits per heavy atom. The van der Waals surface area contributed by atoms with Crippen molar-refractivity contribution in [2.24, 2.45) is 0 Å². The monoisotopic (exact) mass is 204 g/mol. The van der Waals surface area contributed by atoms with Crippen LogP contribution in [0.1, 0.15) is 46.0 Å². The van der Waals surface area contributed by atoms with Crippen LogP contribution < -0.4 is 0 Å². The molecule has 0 atom stereocenters. The lowest BCUT2D eigenvalue weighted by molar-refractivity contribution is -0.137. The molecule has 0 unspecified atom stereocenters. The molecule has 0 aliphatic carbocycles. The van der Waals surface area contributed by atoms with E-state index in [1.54, 1.807) is 0 Å². The summed E-state index contributed by atoms with van der Waals surface area (Å²) in [7, 11) is 0. The predicted octanol–water partition coefficient (Wildman–Crippen LogP) is 3.16. The number of aliphatic carboxylic acids is 1. The summed E-state index contributed by atoms with van der Waals surface area (Å²) in [6, 6.07) is 0. The smallest absolute Gasteiger partial charge is 0.303 e. The predicted molar refractivity (Wildman–Crippen MR) is 58.3 cm³/mol. The molecule has 0 fully saturated rings. The summed E-state index contributed by atoms with van der Waals surface area (Å²) in [5.41, 5.74) is 0. The van der Waals surface area contributed by atoms with E-state index in [0.717, 1.165) is 18.1 Å². The third-order valence-corrected chi connectivity index (χ3v) is 2.93. The van der Waals surface area contributed by atoms with E-state index in [9.17, 15) is 4.79 Å². The topological polar surface area (TPSA) is 37.3 Å². The number of hydrogen-bond acceptors (Lipinski definition) is 2. The summed E-state index contributed by atoms with van der Waals surface area (Å²) >= 11 is 1.98. The summed E-state index contributed by atoms with van der Waals surface area (Å²) in [6.45, 7) is 4.41. The van der Waals surface area contributed by atoms with Crippen LogP contribution in [0.3, 0.4) is 0 Å². The summed E-state index contributed by atoms with van der Waals surface area (Å²) < 4.78 is 0. The molecule has 0 aliphatic rings. The minimum absolute atomic E-state index is 0.331. The fraction of sp³-hybridized carbons (Fsp3) is 0.900. The standard InChI is InChI=1S/C10H20O2S/c1-9(2)13-8-6-4-3-5-7-10(11)12/h9H,3-8H2,1-2H3,(H,11,12). The molecule has 13 heavy (non-hydrogen) atoms. The van der Waals surface area contributed by atoms with Crippen molar-refractivity contribution in [1.29, 1.82) is 0 Å². The SMILES string of the molecule is CC(C)SCCCCCCC(=O)O. The molecule has 0 spiro atoms. The molecule has 0 radical (unpaired) electrons. The van der Waals surface area contributed by atoms with Crippen LogP contribution in [0.4, 0.5) is 0 Å². The molecular formula is C10H20O2S. The highest BCUT2D eigenvalue weighted by molar-refractivity contribution is 7.99. The second-order valence-corrected chi connectivity index (χ2v) is 5.16. The Hall–Kier alpha value is -0.180. The molecular weight excluding hydrogens is 184 g/mol. The zero-order valence-corrected chi connectivity index (χ0v) is 9.40. The maximum atomic E-state index is 10.2. The van der Waals surface area contributed by atoms with E-state index >= 15 is 0 Å². The first kappa shape index (κ1) is 12.8. The van der Waals surface area contributed by atoms with Crippen LogP contribution >= 0.6 is 11.8 Å². The lowest BCUT2D eigenvalue weighted by Crippen LogP contribution is -1.94. The molecule has 0 saturated carbocycles. The van der Waals surface area contributed by atoms with E-state index in [4.69, 9.17) is 5.11 Å². The number of hydrogen-bond donors (Lipinski definition) is 1. The first-order valence-electron chi connectivity index (χ1n) is 4.96. The summed E-state index contributed by atoms with van der Waals surface area (Å²) in [6.07, 6.45) is 4.62. The largest absolute Gasteiger partial charge is 0.481 e. The molecule has 0 aromatic rings. The number of unbranched alkanes of at least 4 members (excludes halogenated alkanes) is 3. The van der Waals surface area contributed by atoms with Crippen molar-refractivity contribution in [2.75, 3.05) is 5.75 Å². The van der Waals surface area contributed by atoms with Crippen molar-refractivity contribution in [3.63, 3.8) is 0 Å². The molecule has 0 rings (SSSR count). The van der Waals surface area contributed by atoms with Gasteiger partial charge in [0, 0.05) is 6.42 Å². The zero-order valence-electron chi connectivity index (χ0n) is 8.58. The second kappa shape index (κ2) is 8.42. The Morgan fingerprint density at radius 1 is 1.23 bits per heavy atom. The van der Waals surface area contributed by atoms with Gasteiger partial charge in [-0.3, -0.25) is 4.79 Å². The van der Waals surface area contributed by atoms with Crippen molar-refractivity contribution < 1.29 is 9.90 Å². The lowest BCUT2D eigenvalue weighted by atomic mass is 10.2. The highest BCUT2D eigenvalue weighted by Gasteiger charge is 1.97. The van der Waals surface area contributed by atoms with Crippen LogP contribution in [0.5, 0.6) is 0 Å². The van der Waals surface area contributed by atoms with Gasteiger partial charge in [-0.25, -0.2) is 0 Å². The summed E-state index contributed by atoms with van der Waals surface area (Å²) in [5, 5.41) is 9.11. The Labute approximate surface area is 85.1 Å². The first-order valence-corrected chi connectivity index (χ1v) is 6.01. The molecule has 78 valence electrons. The first-order chi connectivity index (χ1) is 6.13. The van der Waals surface area contributed by atoms with Crippen molar-refractivity contribution in [2.45, 2.75) is 51.2 Å². The van der Waals surface area contributed by atoms with E-state index in [1.807, 2.05) is 11.8 Å². The molecule has 0 amide bonds. The molecule has 0 aliphatic heterocycles. The van der Waals surface area contributed by atoms with Crippen LogP contribution in [-0.4, -0.2) is 22.1 Å². The van der Waals surface area contributed by atoms with Gasteiger partial charge in [0.1, 0.15) is 0 Å². The maximum Gasteiger partial charge on any atom is 0.303 e. The van der Waals surface area contributed by atoms with Gasteiger partial charge in [0.2, 0.25) is 0 Å². The minimum atomic E-state index is -0.670. The van der Waals surface area contributed by atoms with Gasteiger partial charge < -0.3 is 5.11 Å². The van der Waals surface area contributed by atoms with Gasteiger partial charge in [0.15, 0.2) is 0 Å². The third-order valence-electron chi connectivity index (χ3n) is 1.74. The van der Waals surface area contributed by atoms with Gasteiger partial charge >= 0.3 is 5.97 Å². The highest BCUT2D eigenvalue weighted by Crippen LogP contribution is 2.13. The minimum Gasteiger partial charge on any atom is -0.481 e. The van der Waals surface area contributed by atoms with Gasteiger partial charge in [-0.1, -0.05) is 26.7 Å². The molecule has 3 heteroatoms. The van der Waals surface area contributed by atoms with Gasteiger partial charge in [-0.2, -0.15) is 11.8 Å². The van der Waals surface area contributed by atoms with Crippen LogP contribution in [0, 0.1) is 0 Å². The van der Waals surface area contributed by atoms with Crippen LogP contribution in [0.2, 0.25) is 0 Å². The number of carboxylic acids is 1. The quantitative estimate of drug-likeness (QED) is 0.617. The van der Waals surface area contributed by atoms with Crippen molar-refractivity contribution in [1.82, 2.24) is 0 Å². The summed E-state index contributed by atoms with van der Waals surface area (Å²) in [4.78, 5) is 10.2. The molecule has 0 saturated heterocycles. The number of carbonyl (C=O) groups is 1. The van der Waals surface area contributed by atoms with E-state index in [0.29, 0.717) is 6.42 Å². The Bertz CT molecular complexity index is 135. The molecule has 2 nitrogen and oxygen atoms in total. The average molecular weight is 204 g/mol. The average Bonchev–Trinajstić information content (AvgIpc) is 2.01. The van der Waals surface area contributed by atoms with Gasteiger partial charge in [0.25, 0.3) is 0 Å². The zero-order chi connectivity index (χ0) is 10.1. The normalized spacial score (nSPS) is 10.7. The maximum absolute atomic E-state index is 10.2. The lowest BCUT2D eigenvalue weighted by Gasteiger charge is -2.03. The third kappa shape index (κ3) is 11.8. The Kier molecular flexibility index (Phi) is 8.30. The van der Waals surface area contributed by atoms with Crippen molar-refractivity contribution >= 4 is 17.7 Å². The van der Waals surface area contributed by atoms with Crippen LogP contribution in [-0.2, 0) is 4.79 Å². The number of carboxylic acid groups (broad SMARTS) is 1. The van der Waals surface area contributed by atoms with Crippen LogP contribution in [0.15, 0.2) is 0 Å². The second-order valence-electron chi connectivity index (χ2n) is 3.48. The molecule has 0 aromatic heterocycles.